The van der Waals surface area contributed by atoms with Crippen LogP contribution in [-0.2, 0) is 6.42 Å². The van der Waals surface area contributed by atoms with Gasteiger partial charge in [-0.2, -0.15) is 0 Å². The minimum Gasteiger partial charge on any atom is -0.478 e. The fraction of sp³-hybridized carbons (Fsp3) is 0.0909. The van der Waals surface area contributed by atoms with E-state index >= 15 is 0 Å². The molecule has 134 valence electrons. The molecule has 4 aromatic rings. The van der Waals surface area contributed by atoms with E-state index in [4.69, 9.17) is 21.0 Å². The maximum absolute atomic E-state index is 11.8. The lowest BCUT2D eigenvalue weighted by molar-refractivity contribution is 0.0699. The van der Waals surface area contributed by atoms with Crippen molar-refractivity contribution in [3.05, 3.63) is 76.8 Å². The number of halogens is 1. The standard InChI is InChI=1S/C22H16ClNO3/c1-2-13-6-5-8-14-16(22(25)26)12-18(24-21(13)14)20-11-10-19(27-20)15-7-3-4-9-17(15)23/h3-12H,2H2,1H3,(H,25,26). The third-order valence-electron chi connectivity index (χ3n) is 4.53. The average molecular weight is 378 g/mol. The molecule has 27 heavy (non-hydrogen) atoms. The molecule has 0 amide bonds. The predicted octanol–water partition coefficient (Wildman–Crippen LogP) is 6.08. The molecule has 0 fully saturated rings. The number of pyridine rings is 1. The number of hydrogen-bond acceptors (Lipinski definition) is 3. The van der Waals surface area contributed by atoms with Gasteiger partial charge in [0.05, 0.1) is 16.1 Å². The average Bonchev–Trinajstić information content (AvgIpc) is 3.16. The van der Waals surface area contributed by atoms with Gasteiger partial charge in [-0.1, -0.05) is 48.9 Å². The summed E-state index contributed by atoms with van der Waals surface area (Å²) >= 11 is 6.25. The number of nitrogens with zero attached hydrogens (tertiary/aromatic N) is 1. The number of para-hydroxylation sites is 1. The number of aromatic carboxylic acids is 1. The first-order valence-corrected chi connectivity index (χ1v) is 8.97. The van der Waals surface area contributed by atoms with Crippen LogP contribution in [0, 0.1) is 0 Å². The van der Waals surface area contributed by atoms with Gasteiger partial charge in [0.15, 0.2) is 5.76 Å². The van der Waals surface area contributed by atoms with Gasteiger partial charge in [-0.15, -0.1) is 0 Å². The quantitative estimate of drug-likeness (QED) is 0.468. The summed E-state index contributed by atoms with van der Waals surface area (Å²) in [6.07, 6.45) is 0.760. The Bertz CT molecular complexity index is 1160. The summed E-state index contributed by atoms with van der Waals surface area (Å²) in [6.45, 7) is 2.02. The van der Waals surface area contributed by atoms with Crippen molar-refractivity contribution in [2.75, 3.05) is 0 Å². The van der Waals surface area contributed by atoms with Crippen molar-refractivity contribution < 1.29 is 14.3 Å². The number of carboxylic acids is 1. The second-order valence-corrected chi connectivity index (χ2v) is 6.58. The Kier molecular flexibility index (Phi) is 4.42. The SMILES string of the molecule is CCc1cccc2c(C(=O)O)cc(-c3ccc(-c4ccccc4Cl)o3)nc12. The minimum atomic E-state index is -0.991. The summed E-state index contributed by atoms with van der Waals surface area (Å²) in [5, 5.41) is 10.9. The molecule has 0 bridgehead atoms. The van der Waals surface area contributed by atoms with Crippen molar-refractivity contribution in [2.45, 2.75) is 13.3 Å². The first-order chi connectivity index (χ1) is 13.1. The first-order valence-electron chi connectivity index (χ1n) is 8.59. The molecule has 4 rings (SSSR count). The molecule has 0 unspecified atom stereocenters. The summed E-state index contributed by atoms with van der Waals surface area (Å²) in [7, 11) is 0. The van der Waals surface area contributed by atoms with Crippen molar-refractivity contribution in [2.24, 2.45) is 0 Å². The van der Waals surface area contributed by atoms with Gasteiger partial charge < -0.3 is 9.52 Å². The molecule has 0 saturated carbocycles. The van der Waals surface area contributed by atoms with Crippen molar-refractivity contribution in [3.63, 3.8) is 0 Å². The highest BCUT2D eigenvalue weighted by atomic mass is 35.5. The fourth-order valence-corrected chi connectivity index (χ4v) is 3.41. The highest BCUT2D eigenvalue weighted by Crippen LogP contribution is 2.33. The van der Waals surface area contributed by atoms with Crippen LogP contribution in [0.3, 0.4) is 0 Å². The van der Waals surface area contributed by atoms with Gasteiger partial charge in [0.2, 0.25) is 0 Å². The van der Waals surface area contributed by atoms with E-state index in [1.165, 1.54) is 0 Å². The Labute approximate surface area is 161 Å². The second-order valence-electron chi connectivity index (χ2n) is 6.17. The van der Waals surface area contributed by atoms with E-state index in [-0.39, 0.29) is 5.56 Å². The van der Waals surface area contributed by atoms with Gasteiger partial charge in [0.25, 0.3) is 0 Å². The maximum Gasteiger partial charge on any atom is 0.336 e. The van der Waals surface area contributed by atoms with E-state index < -0.39 is 5.97 Å². The van der Waals surface area contributed by atoms with E-state index in [1.54, 1.807) is 24.3 Å². The number of aryl methyl sites for hydroxylation is 1. The number of fused-ring (bicyclic) bond motifs is 1. The van der Waals surface area contributed by atoms with Crippen molar-refractivity contribution in [1.82, 2.24) is 4.98 Å². The predicted molar refractivity (Wildman–Crippen MR) is 106 cm³/mol. The molecule has 2 aromatic carbocycles. The Morgan fingerprint density at radius 1 is 1.07 bits per heavy atom. The van der Waals surface area contributed by atoms with Crippen LogP contribution in [0.2, 0.25) is 5.02 Å². The zero-order valence-corrected chi connectivity index (χ0v) is 15.3. The summed E-state index contributed by atoms with van der Waals surface area (Å²) in [5.74, 6) is 0.119. The van der Waals surface area contributed by atoms with Gasteiger partial charge in [0.1, 0.15) is 11.5 Å². The lowest BCUT2D eigenvalue weighted by Crippen LogP contribution is -2.01. The normalized spacial score (nSPS) is 11.0. The molecule has 0 aliphatic rings. The molecule has 2 heterocycles. The van der Waals surface area contributed by atoms with Crippen LogP contribution in [0.4, 0.5) is 0 Å². The number of benzene rings is 2. The van der Waals surface area contributed by atoms with Crippen LogP contribution in [0.15, 0.2) is 65.1 Å². The molecule has 0 saturated heterocycles. The van der Waals surface area contributed by atoms with Crippen LogP contribution in [-0.4, -0.2) is 16.1 Å². The number of rotatable bonds is 4. The zero-order chi connectivity index (χ0) is 19.0. The van der Waals surface area contributed by atoms with Gasteiger partial charge in [-0.05, 0) is 42.3 Å². The molecule has 0 aliphatic heterocycles. The molecule has 2 aromatic heterocycles. The number of hydrogen-bond donors (Lipinski definition) is 1. The Hall–Kier alpha value is -3.11. The maximum atomic E-state index is 11.8. The number of carbonyl (C=O) groups is 1. The zero-order valence-electron chi connectivity index (χ0n) is 14.6. The summed E-state index contributed by atoms with van der Waals surface area (Å²) in [5.41, 5.74) is 3.15. The highest BCUT2D eigenvalue weighted by Gasteiger charge is 2.17. The van der Waals surface area contributed by atoms with E-state index in [9.17, 15) is 9.90 Å². The van der Waals surface area contributed by atoms with Crippen LogP contribution < -0.4 is 0 Å². The van der Waals surface area contributed by atoms with E-state index in [2.05, 4.69) is 0 Å². The molecule has 0 aliphatic carbocycles. The molecular weight excluding hydrogens is 362 g/mol. The van der Waals surface area contributed by atoms with Crippen LogP contribution in [0.25, 0.3) is 33.7 Å². The molecule has 0 atom stereocenters. The van der Waals surface area contributed by atoms with Gasteiger partial charge in [-0.3, -0.25) is 0 Å². The third kappa shape index (κ3) is 3.09. The van der Waals surface area contributed by atoms with Crippen LogP contribution in [0.1, 0.15) is 22.8 Å². The fourth-order valence-electron chi connectivity index (χ4n) is 3.18. The lowest BCUT2D eigenvalue weighted by Gasteiger charge is -2.09. The summed E-state index contributed by atoms with van der Waals surface area (Å²) in [4.78, 5) is 16.5. The lowest BCUT2D eigenvalue weighted by atomic mass is 10.0. The summed E-state index contributed by atoms with van der Waals surface area (Å²) in [6, 6.07) is 18.2. The van der Waals surface area contributed by atoms with Crippen molar-refractivity contribution >= 4 is 28.5 Å². The Morgan fingerprint density at radius 3 is 2.59 bits per heavy atom. The molecule has 1 N–H and O–H groups in total. The number of furan rings is 1. The van der Waals surface area contributed by atoms with E-state index in [1.807, 2.05) is 43.3 Å². The van der Waals surface area contributed by atoms with E-state index in [0.29, 0.717) is 33.1 Å². The van der Waals surface area contributed by atoms with Gasteiger partial charge in [0, 0.05) is 10.9 Å². The summed E-state index contributed by atoms with van der Waals surface area (Å²) < 4.78 is 5.95. The molecule has 4 nitrogen and oxygen atoms in total. The number of aromatic nitrogens is 1. The topological polar surface area (TPSA) is 63.3 Å². The smallest absolute Gasteiger partial charge is 0.336 e. The minimum absolute atomic E-state index is 0.209. The van der Waals surface area contributed by atoms with Crippen LogP contribution >= 0.6 is 11.6 Å². The highest BCUT2D eigenvalue weighted by molar-refractivity contribution is 6.33. The Morgan fingerprint density at radius 2 is 1.85 bits per heavy atom. The molecular formula is C22H16ClNO3. The van der Waals surface area contributed by atoms with Crippen molar-refractivity contribution in [1.29, 1.82) is 0 Å². The monoisotopic (exact) mass is 377 g/mol. The molecule has 5 heteroatoms. The van der Waals surface area contributed by atoms with Crippen molar-refractivity contribution in [3.8, 4) is 22.8 Å². The molecule has 0 radical (unpaired) electrons. The van der Waals surface area contributed by atoms with Gasteiger partial charge >= 0.3 is 5.97 Å². The van der Waals surface area contributed by atoms with E-state index in [0.717, 1.165) is 17.5 Å². The first kappa shape index (κ1) is 17.3. The third-order valence-corrected chi connectivity index (χ3v) is 4.86. The largest absolute Gasteiger partial charge is 0.478 e. The second kappa shape index (κ2) is 6.89. The number of carboxylic acid groups (broad SMARTS) is 1. The van der Waals surface area contributed by atoms with Gasteiger partial charge in [-0.25, -0.2) is 9.78 Å². The molecule has 0 spiro atoms. The Balaban J connectivity index is 1.90. The van der Waals surface area contributed by atoms with Crippen LogP contribution in [0.5, 0.6) is 0 Å².